The first kappa shape index (κ1) is 20.7. The summed E-state index contributed by atoms with van der Waals surface area (Å²) in [6.45, 7) is 3.08. The number of benzene rings is 2. The summed E-state index contributed by atoms with van der Waals surface area (Å²) >= 11 is 0. The number of urea groups is 1. The lowest BCUT2D eigenvalue weighted by molar-refractivity contribution is -0.123. The van der Waals surface area contributed by atoms with Gasteiger partial charge in [0.2, 0.25) is 0 Å². The molecule has 1 aromatic heterocycles. The third-order valence-electron chi connectivity index (χ3n) is 4.25. The van der Waals surface area contributed by atoms with Gasteiger partial charge in [0.25, 0.3) is 5.91 Å². The van der Waals surface area contributed by atoms with Crippen molar-refractivity contribution in [2.24, 2.45) is 0 Å². The lowest BCUT2D eigenvalue weighted by Gasteiger charge is -2.08. The molecule has 0 atom stereocenters. The number of nitrogens with zero attached hydrogens (tertiary/aromatic N) is 2. The third-order valence-corrected chi connectivity index (χ3v) is 4.25. The summed E-state index contributed by atoms with van der Waals surface area (Å²) in [5, 5.41) is 4.58. The molecular weight excluding hydrogens is 388 g/mol. The predicted molar refractivity (Wildman–Crippen MR) is 109 cm³/mol. The molecule has 1 heterocycles. The average Bonchev–Trinajstić information content (AvgIpc) is 2.73. The second-order valence-corrected chi connectivity index (χ2v) is 6.40. The van der Waals surface area contributed by atoms with Crippen molar-refractivity contribution < 1.29 is 23.9 Å². The number of nitrogens with one attached hydrogen (secondary N) is 2. The number of ether oxygens (including phenoxy) is 2. The number of rotatable bonds is 5. The minimum absolute atomic E-state index is 0.232. The smallest absolute Gasteiger partial charge is 0.338 e. The van der Waals surface area contributed by atoms with Crippen LogP contribution in [-0.2, 0) is 9.53 Å². The number of hydrogen-bond donors (Lipinski definition) is 2. The highest BCUT2D eigenvalue weighted by molar-refractivity contribution is 6.02. The average molecular weight is 408 g/mol. The van der Waals surface area contributed by atoms with Gasteiger partial charge in [0.05, 0.1) is 35.1 Å². The van der Waals surface area contributed by atoms with Crippen molar-refractivity contribution in [2.75, 3.05) is 19.0 Å². The van der Waals surface area contributed by atoms with E-state index in [1.54, 1.807) is 42.5 Å². The maximum absolute atomic E-state index is 12.2. The fourth-order valence-corrected chi connectivity index (χ4v) is 2.57. The number of carbonyl (C=O) groups excluding carboxylic acids is 3. The van der Waals surface area contributed by atoms with Crippen LogP contribution in [0.5, 0.6) is 5.75 Å². The van der Waals surface area contributed by atoms with E-state index in [1.807, 2.05) is 13.8 Å². The van der Waals surface area contributed by atoms with E-state index in [1.165, 1.54) is 7.11 Å². The summed E-state index contributed by atoms with van der Waals surface area (Å²) in [6, 6.07) is 10.6. The van der Waals surface area contributed by atoms with Crippen LogP contribution >= 0.6 is 0 Å². The Hall–Kier alpha value is -4.01. The van der Waals surface area contributed by atoms with Gasteiger partial charge in [-0.2, -0.15) is 0 Å². The number of aromatic nitrogens is 2. The molecule has 0 fully saturated rings. The van der Waals surface area contributed by atoms with Gasteiger partial charge < -0.3 is 14.8 Å². The number of imide groups is 1. The first-order valence-electron chi connectivity index (χ1n) is 9.02. The largest absolute Gasteiger partial charge is 0.497 e. The Morgan fingerprint density at radius 1 is 0.933 bits per heavy atom. The van der Waals surface area contributed by atoms with Crippen molar-refractivity contribution >= 4 is 34.6 Å². The molecular formula is C21H20N4O5. The van der Waals surface area contributed by atoms with Crippen LogP contribution in [0.25, 0.3) is 11.0 Å². The highest BCUT2D eigenvalue weighted by Gasteiger charge is 2.14. The van der Waals surface area contributed by atoms with E-state index in [-0.39, 0.29) is 5.56 Å². The summed E-state index contributed by atoms with van der Waals surface area (Å²) < 4.78 is 10.0. The topological polar surface area (TPSA) is 120 Å². The molecule has 0 radical (unpaired) electrons. The van der Waals surface area contributed by atoms with Crippen LogP contribution in [0, 0.1) is 13.8 Å². The molecule has 3 amide bonds. The van der Waals surface area contributed by atoms with Crippen molar-refractivity contribution in [1.29, 1.82) is 0 Å². The quantitative estimate of drug-likeness (QED) is 0.623. The molecule has 0 spiro atoms. The highest BCUT2D eigenvalue weighted by atomic mass is 16.5. The summed E-state index contributed by atoms with van der Waals surface area (Å²) in [5.74, 6) is -0.835. The predicted octanol–water partition coefficient (Wildman–Crippen LogP) is 2.76. The molecule has 0 aliphatic rings. The number of anilines is 1. The first-order valence-corrected chi connectivity index (χ1v) is 9.02. The summed E-state index contributed by atoms with van der Waals surface area (Å²) in [5.41, 5.74) is 3.48. The van der Waals surface area contributed by atoms with Gasteiger partial charge in [0, 0.05) is 5.69 Å². The highest BCUT2D eigenvalue weighted by Crippen LogP contribution is 2.16. The molecule has 2 aromatic carbocycles. The lowest BCUT2D eigenvalue weighted by Crippen LogP contribution is -2.37. The molecule has 9 nitrogen and oxygen atoms in total. The molecule has 2 N–H and O–H groups in total. The Morgan fingerprint density at radius 2 is 1.60 bits per heavy atom. The van der Waals surface area contributed by atoms with Gasteiger partial charge >= 0.3 is 12.0 Å². The van der Waals surface area contributed by atoms with Crippen molar-refractivity contribution in [3.63, 3.8) is 0 Å². The fourth-order valence-electron chi connectivity index (χ4n) is 2.57. The van der Waals surface area contributed by atoms with E-state index in [9.17, 15) is 14.4 Å². The number of aryl methyl sites for hydroxylation is 2. The van der Waals surface area contributed by atoms with Crippen LogP contribution in [0.15, 0.2) is 42.5 Å². The number of esters is 1. The number of methoxy groups -OCH3 is 1. The van der Waals surface area contributed by atoms with Crippen LogP contribution in [0.2, 0.25) is 0 Å². The van der Waals surface area contributed by atoms with Crippen LogP contribution < -0.4 is 15.4 Å². The second kappa shape index (κ2) is 8.99. The van der Waals surface area contributed by atoms with Crippen molar-refractivity contribution in [1.82, 2.24) is 15.3 Å². The van der Waals surface area contributed by atoms with Crippen LogP contribution in [0.4, 0.5) is 10.5 Å². The lowest BCUT2D eigenvalue weighted by atomic mass is 10.2. The molecule has 3 rings (SSSR count). The zero-order chi connectivity index (χ0) is 21.7. The van der Waals surface area contributed by atoms with E-state index in [0.717, 1.165) is 11.4 Å². The van der Waals surface area contributed by atoms with Gasteiger partial charge in [-0.15, -0.1) is 0 Å². The van der Waals surface area contributed by atoms with Gasteiger partial charge in [-0.1, -0.05) is 0 Å². The summed E-state index contributed by atoms with van der Waals surface area (Å²) in [7, 11) is 1.53. The Labute approximate surface area is 172 Å². The molecule has 0 saturated heterocycles. The number of amides is 3. The SMILES string of the molecule is COc1ccc(NC(=O)NC(=O)COC(=O)c2ccc3nc(C)c(C)nc3c2)cc1. The maximum atomic E-state index is 12.2. The molecule has 0 bridgehead atoms. The molecule has 0 unspecified atom stereocenters. The molecule has 3 aromatic rings. The van der Waals surface area contributed by atoms with Crippen molar-refractivity contribution in [2.45, 2.75) is 13.8 Å². The second-order valence-electron chi connectivity index (χ2n) is 6.40. The van der Waals surface area contributed by atoms with Crippen LogP contribution in [0.1, 0.15) is 21.7 Å². The van der Waals surface area contributed by atoms with Crippen LogP contribution in [0.3, 0.4) is 0 Å². The van der Waals surface area contributed by atoms with E-state index in [4.69, 9.17) is 9.47 Å². The zero-order valence-corrected chi connectivity index (χ0v) is 16.7. The normalized spacial score (nSPS) is 10.4. The molecule has 9 heteroatoms. The molecule has 0 aliphatic carbocycles. The standard InChI is InChI=1S/C21H20N4O5/c1-12-13(2)23-18-10-14(4-9-17(18)22-12)20(27)30-11-19(26)25-21(28)24-15-5-7-16(29-3)8-6-15/h4-10H,11H2,1-3H3,(H2,24,25,26,28). The molecule has 154 valence electrons. The Bertz CT molecular complexity index is 1110. The molecule has 0 aliphatic heterocycles. The Kier molecular flexibility index (Phi) is 6.21. The van der Waals surface area contributed by atoms with E-state index in [2.05, 4.69) is 20.6 Å². The van der Waals surface area contributed by atoms with Gasteiger partial charge in [-0.25, -0.2) is 19.6 Å². The Balaban J connectivity index is 1.53. The van der Waals surface area contributed by atoms with Crippen molar-refractivity contribution in [3.8, 4) is 5.75 Å². The summed E-state index contributed by atoms with van der Waals surface area (Å²) in [6.07, 6.45) is 0. The minimum atomic E-state index is -0.763. The third kappa shape index (κ3) is 5.07. The van der Waals surface area contributed by atoms with Crippen molar-refractivity contribution in [3.05, 3.63) is 59.4 Å². The van der Waals surface area contributed by atoms with E-state index in [0.29, 0.717) is 22.5 Å². The maximum Gasteiger partial charge on any atom is 0.338 e. The van der Waals surface area contributed by atoms with Gasteiger partial charge in [-0.3, -0.25) is 10.1 Å². The van der Waals surface area contributed by atoms with Gasteiger partial charge in [0.1, 0.15) is 5.75 Å². The van der Waals surface area contributed by atoms with Gasteiger partial charge in [-0.05, 0) is 56.3 Å². The minimum Gasteiger partial charge on any atom is -0.497 e. The fraction of sp³-hybridized carbons (Fsp3) is 0.190. The first-order chi connectivity index (χ1) is 14.4. The number of carbonyl (C=O) groups is 3. The molecule has 0 saturated carbocycles. The summed E-state index contributed by atoms with van der Waals surface area (Å²) in [4.78, 5) is 44.8. The Morgan fingerprint density at radius 3 is 2.27 bits per heavy atom. The monoisotopic (exact) mass is 408 g/mol. The van der Waals surface area contributed by atoms with E-state index < -0.39 is 24.5 Å². The zero-order valence-electron chi connectivity index (χ0n) is 16.7. The van der Waals surface area contributed by atoms with Gasteiger partial charge in [0.15, 0.2) is 6.61 Å². The number of fused-ring (bicyclic) bond motifs is 1. The molecule has 30 heavy (non-hydrogen) atoms. The van der Waals surface area contributed by atoms with E-state index >= 15 is 0 Å². The van der Waals surface area contributed by atoms with Crippen LogP contribution in [-0.4, -0.2) is 41.6 Å². The number of hydrogen-bond acceptors (Lipinski definition) is 7.